The van der Waals surface area contributed by atoms with Gasteiger partial charge in [-0.1, -0.05) is 26.7 Å². The number of hydrogen-bond donors (Lipinski definition) is 2. The molecule has 1 fully saturated rings. The lowest BCUT2D eigenvalue weighted by Crippen LogP contribution is -2.48. The maximum Gasteiger partial charge on any atom is 0.273 e. The monoisotopic (exact) mass is 366 g/mol. The highest BCUT2D eigenvalue weighted by molar-refractivity contribution is 5.92. The van der Waals surface area contributed by atoms with Gasteiger partial charge < -0.3 is 14.8 Å². The van der Waals surface area contributed by atoms with Crippen LogP contribution in [0.4, 0.5) is 0 Å². The second kappa shape index (κ2) is 10.6. The van der Waals surface area contributed by atoms with Crippen molar-refractivity contribution < 1.29 is 14.3 Å². The molecule has 0 aliphatic carbocycles. The Balaban J connectivity index is 1.73. The van der Waals surface area contributed by atoms with Crippen molar-refractivity contribution in [3.8, 4) is 0 Å². The van der Waals surface area contributed by atoms with Crippen LogP contribution in [-0.4, -0.2) is 70.7 Å². The number of nitrogens with one attached hydrogen (secondary N) is 1. The van der Waals surface area contributed by atoms with Gasteiger partial charge in [0.25, 0.3) is 5.91 Å². The van der Waals surface area contributed by atoms with Gasteiger partial charge in [-0.25, -0.2) is 4.98 Å². The van der Waals surface area contributed by atoms with Crippen molar-refractivity contribution in [2.75, 3.05) is 32.7 Å². The van der Waals surface area contributed by atoms with E-state index < -0.39 is 0 Å². The normalized spacial score (nSPS) is 18.6. The number of carbonyl (C=O) groups is 1. The van der Waals surface area contributed by atoms with Gasteiger partial charge in [-0.05, 0) is 19.8 Å². The first-order valence-electron chi connectivity index (χ1n) is 9.89. The molecule has 2 N–H and O–H groups in total. The Labute approximate surface area is 156 Å². The lowest BCUT2D eigenvalue weighted by atomic mass is 10.1. The number of oxazole rings is 1. The van der Waals surface area contributed by atoms with Gasteiger partial charge in [0.05, 0.1) is 12.6 Å². The van der Waals surface area contributed by atoms with Gasteiger partial charge in [0, 0.05) is 38.8 Å². The van der Waals surface area contributed by atoms with Crippen LogP contribution in [0.2, 0.25) is 0 Å². The summed E-state index contributed by atoms with van der Waals surface area (Å²) in [6.45, 7) is 11.2. The van der Waals surface area contributed by atoms with Crippen LogP contribution in [0.1, 0.15) is 62.8 Å². The molecular weight excluding hydrogens is 332 g/mol. The lowest BCUT2D eigenvalue weighted by Gasteiger charge is -2.35. The maximum atomic E-state index is 12.1. The summed E-state index contributed by atoms with van der Waals surface area (Å²) >= 11 is 0. The minimum atomic E-state index is -0.222. The first-order valence-corrected chi connectivity index (χ1v) is 9.89. The third kappa shape index (κ3) is 6.70. The molecular formula is C19H34N4O3. The van der Waals surface area contributed by atoms with E-state index in [1.54, 1.807) is 0 Å². The molecule has 0 spiro atoms. The largest absolute Gasteiger partial charge is 0.447 e. The number of amides is 1. The Hall–Kier alpha value is -1.44. The zero-order valence-corrected chi connectivity index (χ0v) is 16.4. The highest BCUT2D eigenvalue weighted by atomic mass is 16.3. The van der Waals surface area contributed by atoms with Crippen LogP contribution in [-0.2, 0) is 6.54 Å². The van der Waals surface area contributed by atoms with Crippen LogP contribution in [0, 0.1) is 0 Å². The molecule has 26 heavy (non-hydrogen) atoms. The Morgan fingerprint density at radius 3 is 2.65 bits per heavy atom. The smallest absolute Gasteiger partial charge is 0.273 e. The van der Waals surface area contributed by atoms with Crippen molar-refractivity contribution in [3.63, 3.8) is 0 Å². The van der Waals surface area contributed by atoms with E-state index in [0.29, 0.717) is 18.1 Å². The fourth-order valence-corrected chi connectivity index (χ4v) is 3.04. The molecule has 2 rings (SSSR count). The van der Waals surface area contributed by atoms with E-state index in [9.17, 15) is 9.90 Å². The average Bonchev–Trinajstić information content (AvgIpc) is 3.10. The van der Waals surface area contributed by atoms with E-state index in [1.165, 1.54) is 6.26 Å². The van der Waals surface area contributed by atoms with Gasteiger partial charge in [0.2, 0.25) is 5.89 Å². The lowest BCUT2D eigenvalue weighted by molar-refractivity contribution is 0.0627. The number of β-amino-alcohol motifs (C(OH)–C–C–N with tert-alkyl or cyclic N) is 1. The molecule has 1 aliphatic heterocycles. The van der Waals surface area contributed by atoms with E-state index in [-0.39, 0.29) is 18.1 Å². The molecule has 0 unspecified atom stereocenters. The van der Waals surface area contributed by atoms with Gasteiger partial charge >= 0.3 is 0 Å². The number of unbranched alkanes of at least 4 members (excludes halogenated alkanes) is 1. The second-order valence-corrected chi connectivity index (χ2v) is 7.28. The van der Waals surface area contributed by atoms with Crippen molar-refractivity contribution in [2.24, 2.45) is 0 Å². The number of aliphatic hydroxyl groups is 1. The predicted molar refractivity (Wildman–Crippen MR) is 101 cm³/mol. The third-order valence-electron chi connectivity index (χ3n) is 4.96. The number of carbonyl (C=O) groups excluding carboxylic acids is 1. The number of aromatic nitrogens is 1. The Morgan fingerprint density at radius 1 is 1.31 bits per heavy atom. The number of hydrogen-bond acceptors (Lipinski definition) is 6. The molecule has 0 bridgehead atoms. The minimum Gasteiger partial charge on any atom is -0.447 e. The molecule has 7 heteroatoms. The van der Waals surface area contributed by atoms with Crippen LogP contribution < -0.4 is 5.32 Å². The number of piperazine rings is 1. The first-order chi connectivity index (χ1) is 12.5. The minimum absolute atomic E-state index is 0.128. The molecule has 0 saturated carbocycles. The molecule has 1 aliphatic rings. The quantitative estimate of drug-likeness (QED) is 0.658. The van der Waals surface area contributed by atoms with Gasteiger partial charge in [-0.15, -0.1) is 0 Å². The Bertz CT molecular complexity index is 541. The second-order valence-electron chi connectivity index (χ2n) is 7.28. The number of rotatable bonds is 10. The highest BCUT2D eigenvalue weighted by Crippen LogP contribution is 2.11. The standard InChI is InChI=1S/C19H34N4O3/c1-4-6-7-16(24)12-22-8-10-23(11-9-22)13-18-21-17(14-26-18)19(25)20-15(3)5-2/h14-16,24H,4-13H2,1-3H3,(H,20,25)/t15-,16+/m0/s1. The number of nitrogens with zero attached hydrogens (tertiary/aromatic N) is 3. The van der Waals surface area contributed by atoms with Gasteiger partial charge in [-0.2, -0.15) is 0 Å². The Kier molecular flexibility index (Phi) is 8.54. The summed E-state index contributed by atoms with van der Waals surface area (Å²) in [5, 5.41) is 12.9. The number of aliphatic hydroxyl groups excluding tert-OH is 1. The SMILES string of the molecule is CCCC[C@@H](O)CN1CCN(Cc2nc(C(=O)N[C@@H](C)CC)co2)CC1. The highest BCUT2D eigenvalue weighted by Gasteiger charge is 2.21. The fraction of sp³-hybridized carbons (Fsp3) is 0.789. The van der Waals surface area contributed by atoms with Crippen LogP contribution in [0.25, 0.3) is 0 Å². The molecule has 2 heterocycles. The van der Waals surface area contributed by atoms with E-state index in [2.05, 4.69) is 27.0 Å². The molecule has 0 radical (unpaired) electrons. The maximum absolute atomic E-state index is 12.1. The van der Waals surface area contributed by atoms with Crippen molar-refractivity contribution in [2.45, 2.75) is 65.1 Å². The summed E-state index contributed by atoms with van der Waals surface area (Å²) in [7, 11) is 0. The topological polar surface area (TPSA) is 81.8 Å². The van der Waals surface area contributed by atoms with Crippen molar-refractivity contribution in [1.29, 1.82) is 0 Å². The van der Waals surface area contributed by atoms with Gasteiger partial charge in [0.1, 0.15) is 6.26 Å². The van der Waals surface area contributed by atoms with Crippen LogP contribution in [0.15, 0.2) is 10.7 Å². The molecule has 7 nitrogen and oxygen atoms in total. The van der Waals surface area contributed by atoms with Crippen molar-refractivity contribution in [3.05, 3.63) is 17.8 Å². The van der Waals surface area contributed by atoms with Crippen LogP contribution in [0.5, 0.6) is 0 Å². The first kappa shape index (κ1) is 20.9. The summed E-state index contributed by atoms with van der Waals surface area (Å²) in [6.07, 6.45) is 5.19. The average molecular weight is 367 g/mol. The molecule has 1 aromatic rings. The molecule has 148 valence electrons. The zero-order valence-electron chi connectivity index (χ0n) is 16.4. The molecule has 1 saturated heterocycles. The molecule has 0 aromatic carbocycles. The molecule has 1 aromatic heterocycles. The van der Waals surface area contributed by atoms with Gasteiger partial charge in [0.15, 0.2) is 5.69 Å². The van der Waals surface area contributed by atoms with E-state index in [0.717, 1.165) is 58.4 Å². The Morgan fingerprint density at radius 2 is 2.00 bits per heavy atom. The summed E-state index contributed by atoms with van der Waals surface area (Å²) in [5.41, 5.74) is 0.345. The zero-order chi connectivity index (χ0) is 18.9. The van der Waals surface area contributed by atoms with Crippen molar-refractivity contribution in [1.82, 2.24) is 20.1 Å². The molecule has 1 amide bonds. The summed E-state index contributed by atoms with van der Waals surface area (Å²) in [4.78, 5) is 21.0. The fourth-order valence-electron chi connectivity index (χ4n) is 3.04. The summed E-state index contributed by atoms with van der Waals surface area (Å²) in [6, 6.07) is 0.128. The van der Waals surface area contributed by atoms with Gasteiger partial charge in [-0.3, -0.25) is 14.6 Å². The van der Waals surface area contributed by atoms with E-state index in [4.69, 9.17) is 4.42 Å². The van der Waals surface area contributed by atoms with Crippen molar-refractivity contribution >= 4 is 5.91 Å². The molecule has 2 atom stereocenters. The van der Waals surface area contributed by atoms with Crippen LogP contribution in [0.3, 0.4) is 0 Å². The van der Waals surface area contributed by atoms with E-state index >= 15 is 0 Å². The van der Waals surface area contributed by atoms with Crippen LogP contribution >= 0.6 is 0 Å². The van der Waals surface area contributed by atoms with E-state index in [1.807, 2.05) is 13.8 Å². The summed E-state index contributed by atoms with van der Waals surface area (Å²) < 4.78 is 5.47. The summed E-state index contributed by atoms with van der Waals surface area (Å²) in [5.74, 6) is 0.399. The third-order valence-corrected chi connectivity index (χ3v) is 4.96. The predicted octanol–water partition coefficient (Wildman–Crippen LogP) is 1.87.